The lowest BCUT2D eigenvalue weighted by Crippen LogP contribution is -2.63. The molecule has 8 N–H and O–H groups in total. The second kappa shape index (κ2) is 25.1. The van der Waals surface area contributed by atoms with Crippen molar-refractivity contribution >= 4 is 5.97 Å². The average molecular weight is 709 g/mol. The second-order valence-corrected chi connectivity index (χ2v) is 14.0. The number of rotatable bonds is 26. The zero-order valence-corrected chi connectivity index (χ0v) is 29.9. The quantitative estimate of drug-likeness (QED) is 0.0480. The fourth-order valence-corrected chi connectivity index (χ4v) is 6.58. The summed E-state index contributed by atoms with van der Waals surface area (Å²) in [4.78, 5) is 13.4. The number of carbonyl (C=O) groups excluding carboxylic acids is 1. The van der Waals surface area contributed by atoms with Gasteiger partial charge in [0.1, 0.15) is 55.4 Å². The number of hydrogen-bond donors (Lipinski definition) is 8. The molecule has 2 aliphatic heterocycles. The lowest BCUT2D eigenvalue weighted by Gasteiger charge is -2.44. The number of aliphatic hydroxyl groups excluding tert-OH is 8. The van der Waals surface area contributed by atoms with Crippen molar-refractivity contribution < 1.29 is 64.6 Å². The van der Waals surface area contributed by atoms with Gasteiger partial charge in [-0.15, -0.1) is 0 Å². The maximum Gasteiger partial charge on any atom is 0.311 e. The maximum absolute atomic E-state index is 13.4. The van der Waals surface area contributed by atoms with Gasteiger partial charge < -0.3 is 59.8 Å². The van der Waals surface area contributed by atoms with Gasteiger partial charge in [0.05, 0.1) is 18.6 Å². The molecule has 290 valence electrons. The summed E-state index contributed by atoms with van der Waals surface area (Å²) in [7, 11) is 0. The molecule has 0 aromatic carbocycles. The van der Waals surface area contributed by atoms with Crippen LogP contribution in [0, 0.1) is 5.92 Å². The average Bonchev–Trinajstić information content (AvgIpc) is 3.09. The van der Waals surface area contributed by atoms with E-state index >= 15 is 0 Å². The molecule has 12 atom stereocenters. The Labute approximate surface area is 292 Å². The molecule has 2 saturated heterocycles. The van der Waals surface area contributed by atoms with Crippen LogP contribution in [-0.4, -0.2) is 128 Å². The fourth-order valence-electron chi connectivity index (χ4n) is 6.58. The first-order chi connectivity index (χ1) is 23.6. The van der Waals surface area contributed by atoms with Gasteiger partial charge in [-0.3, -0.25) is 4.79 Å². The topological polar surface area (TPSA) is 216 Å². The van der Waals surface area contributed by atoms with Gasteiger partial charge in [-0.25, -0.2) is 0 Å². The Hall–Kier alpha value is -0.970. The Balaban J connectivity index is 1.94. The molecule has 13 heteroatoms. The summed E-state index contributed by atoms with van der Waals surface area (Å²) < 4.78 is 21.9. The van der Waals surface area contributed by atoms with Crippen LogP contribution in [0.4, 0.5) is 0 Å². The van der Waals surface area contributed by atoms with E-state index in [2.05, 4.69) is 13.8 Å². The molecule has 0 bridgehead atoms. The van der Waals surface area contributed by atoms with E-state index in [1.54, 1.807) is 0 Å². The van der Waals surface area contributed by atoms with Gasteiger partial charge >= 0.3 is 5.97 Å². The number of esters is 1. The molecule has 0 aliphatic carbocycles. The fraction of sp³-hybridized carbons (Fsp3) is 0.972. The summed E-state index contributed by atoms with van der Waals surface area (Å²) in [6, 6.07) is 0. The van der Waals surface area contributed by atoms with Gasteiger partial charge in [-0.05, 0) is 12.8 Å². The summed E-state index contributed by atoms with van der Waals surface area (Å²) in [5.74, 6) is -1.42. The number of carbonyl (C=O) groups is 1. The molecular weight excluding hydrogens is 640 g/mol. The van der Waals surface area contributed by atoms with E-state index in [1.807, 2.05) is 0 Å². The SMILES string of the molecule is CCCCCCCCCCC[C@@H](O)[C@@H](CCCCCCCCCC)C(=O)OC[C@H]1O[C@H](O[C@H]2O[C@H](CO)[C@@H](O)[C@H](O)[C@H]2O)[C@H](O)[C@@H](O)[C@@H]1O. The van der Waals surface area contributed by atoms with Crippen LogP contribution in [-0.2, 0) is 23.7 Å². The third-order valence-electron chi connectivity index (χ3n) is 9.91. The summed E-state index contributed by atoms with van der Waals surface area (Å²) in [5.41, 5.74) is 0. The Bertz CT molecular complexity index is 848. The normalized spacial score (nSPS) is 31.8. The molecule has 49 heavy (non-hydrogen) atoms. The van der Waals surface area contributed by atoms with Crippen molar-refractivity contribution in [3.8, 4) is 0 Å². The van der Waals surface area contributed by atoms with Gasteiger partial charge in [0.25, 0.3) is 0 Å². The van der Waals surface area contributed by atoms with Gasteiger partial charge in [-0.2, -0.15) is 0 Å². The predicted molar refractivity (Wildman–Crippen MR) is 181 cm³/mol. The van der Waals surface area contributed by atoms with Crippen LogP contribution in [0.25, 0.3) is 0 Å². The number of ether oxygens (including phenoxy) is 4. The standard InChI is InChI=1S/C36H68O13/c1-3-5-7-9-11-13-15-17-19-21-25(38)24(20-18-16-14-12-10-8-6-4-2)34(45)46-23-27-29(40)31(42)33(44)36(48-27)49-35-32(43)30(41)28(39)26(22-37)47-35/h24-33,35-44H,3-23H2,1-2H3/t24-,25-,26-,27-,28-,29-,30+,31+,32-,33-,35-,36-/m1/s1. The Morgan fingerprint density at radius 1 is 0.571 bits per heavy atom. The molecule has 0 saturated carbocycles. The van der Waals surface area contributed by atoms with Crippen molar-refractivity contribution in [2.75, 3.05) is 13.2 Å². The van der Waals surface area contributed by atoms with Crippen molar-refractivity contribution in [3.63, 3.8) is 0 Å². The monoisotopic (exact) mass is 708 g/mol. The molecule has 0 aromatic rings. The van der Waals surface area contributed by atoms with E-state index in [0.717, 1.165) is 51.4 Å². The van der Waals surface area contributed by atoms with Crippen LogP contribution in [0.2, 0.25) is 0 Å². The molecule has 2 heterocycles. The van der Waals surface area contributed by atoms with Crippen molar-refractivity contribution in [1.82, 2.24) is 0 Å². The van der Waals surface area contributed by atoms with E-state index in [1.165, 1.54) is 57.8 Å². The Morgan fingerprint density at radius 2 is 0.980 bits per heavy atom. The second-order valence-electron chi connectivity index (χ2n) is 14.0. The molecule has 13 nitrogen and oxygen atoms in total. The zero-order valence-electron chi connectivity index (χ0n) is 29.9. The summed E-state index contributed by atoms with van der Waals surface area (Å²) in [6.45, 7) is 3.16. The lowest BCUT2D eigenvalue weighted by molar-refractivity contribution is -0.376. The van der Waals surface area contributed by atoms with Crippen molar-refractivity contribution in [2.24, 2.45) is 5.92 Å². The molecule has 2 fully saturated rings. The van der Waals surface area contributed by atoms with Gasteiger partial charge in [0.2, 0.25) is 0 Å². The lowest BCUT2D eigenvalue weighted by atomic mass is 9.91. The maximum atomic E-state index is 13.4. The zero-order chi connectivity index (χ0) is 36.2. The highest BCUT2D eigenvalue weighted by atomic mass is 16.8. The van der Waals surface area contributed by atoms with Gasteiger partial charge in [0.15, 0.2) is 12.6 Å². The molecular formula is C36H68O13. The van der Waals surface area contributed by atoms with E-state index in [0.29, 0.717) is 12.8 Å². The minimum Gasteiger partial charge on any atom is -0.463 e. The van der Waals surface area contributed by atoms with Crippen molar-refractivity contribution in [1.29, 1.82) is 0 Å². The minimum absolute atomic E-state index is 0.449. The molecule has 0 aromatic heterocycles. The third kappa shape index (κ3) is 15.3. The molecule has 2 rings (SSSR count). The van der Waals surface area contributed by atoms with Gasteiger partial charge in [0, 0.05) is 0 Å². The van der Waals surface area contributed by atoms with E-state index in [-0.39, 0.29) is 0 Å². The summed E-state index contributed by atoms with van der Waals surface area (Å²) >= 11 is 0. The van der Waals surface area contributed by atoms with Crippen molar-refractivity contribution in [2.45, 2.75) is 203 Å². The number of hydrogen-bond acceptors (Lipinski definition) is 13. The first-order valence-electron chi connectivity index (χ1n) is 19.1. The first kappa shape index (κ1) is 44.2. The number of unbranched alkanes of at least 4 members (excludes halogenated alkanes) is 15. The van der Waals surface area contributed by atoms with E-state index in [9.17, 15) is 45.6 Å². The highest BCUT2D eigenvalue weighted by Gasteiger charge is 2.50. The smallest absolute Gasteiger partial charge is 0.311 e. The first-order valence-corrected chi connectivity index (χ1v) is 19.1. The van der Waals surface area contributed by atoms with Gasteiger partial charge in [-0.1, -0.05) is 123 Å². The third-order valence-corrected chi connectivity index (χ3v) is 9.91. The van der Waals surface area contributed by atoms with E-state index in [4.69, 9.17) is 18.9 Å². The van der Waals surface area contributed by atoms with Crippen LogP contribution in [0.1, 0.15) is 136 Å². The summed E-state index contributed by atoms with van der Waals surface area (Å²) in [6.07, 6.45) is 2.51. The van der Waals surface area contributed by atoms with Crippen LogP contribution in [0.5, 0.6) is 0 Å². The Kier molecular flexibility index (Phi) is 22.6. The van der Waals surface area contributed by atoms with E-state index < -0.39 is 92.6 Å². The van der Waals surface area contributed by atoms with Crippen LogP contribution in [0.3, 0.4) is 0 Å². The molecule has 0 unspecified atom stereocenters. The van der Waals surface area contributed by atoms with Crippen LogP contribution < -0.4 is 0 Å². The van der Waals surface area contributed by atoms with Crippen LogP contribution in [0.15, 0.2) is 0 Å². The van der Waals surface area contributed by atoms with Crippen LogP contribution >= 0.6 is 0 Å². The molecule has 0 spiro atoms. The highest BCUT2D eigenvalue weighted by molar-refractivity contribution is 5.73. The van der Waals surface area contributed by atoms with Crippen molar-refractivity contribution in [3.05, 3.63) is 0 Å². The molecule has 0 amide bonds. The predicted octanol–water partition coefficient (Wildman–Crippen LogP) is 2.58. The largest absolute Gasteiger partial charge is 0.463 e. The molecule has 2 aliphatic rings. The molecule has 0 radical (unpaired) electrons. The Morgan fingerprint density at radius 3 is 1.45 bits per heavy atom. The highest BCUT2D eigenvalue weighted by Crippen LogP contribution is 2.29. The number of aliphatic hydroxyl groups is 8. The summed E-state index contributed by atoms with van der Waals surface area (Å²) in [5, 5.41) is 82.6. The minimum atomic E-state index is -1.82.